The molecule has 2 rings (SSSR count). The Kier molecular flexibility index (Phi) is 4.00. The van der Waals surface area contributed by atoms with E-state index in [1.165, 1.54) is 12.3 Å². The molecule has 0 fully saturated rings. The van der Waals surface area contributed by atoms with Gasteiger partial charge in [-0.3, -0.25) is 4.98 Å². The summed E-state index contributed by atoms with van der Waals surface area (Å²) in [6.45, 7) is 4.00. The maximum atomic E-state index is 12.8. The third kappa shape index (κ3) is 3.22. The Morgan fingerprint density at radius 1 is 1.26 bits per heavy atom. The monoisotopic (exact) mass is 260 g/mol. The second-order valence-electron chi connectivity index (χ2n) is 4.45. The summed E-state index contributed by atoms with van der Waals surface area (Å²) in [6.07, 6.45) is 1.23. The SMILES string of the molecule is COc1ccc(NC(C)c2ccc(F)cn2)c(C)c1. The second-order valence-corrected chi connectivity index (χ2v) is 4.45. The van der Waals surface area contributed by atoms with Crippen LogP contribution in [0.15, 0.2) is 36.5 Å². The van der Waals surface area contributed by atoms with Crippen LogP contribution in [0, 0.1) is 12.7 Å². The average Bonchev–Trinajstić information content (AvgIpc) is 2.41. The van der Waals surface area contributed by atoms with Gasteiger partial charge in [0, 0.05) is 5.69 Å². The number of rotatable bonds is 4. The first-order chi connectivity index (χ1) is 9.10. The minimum Gasteiger partial charge on any atom is -0.497 e. The topological polar surface area (TPSA) is 34.1 Å². The summed E-state index contributed by atoms with van der Waals surface area (Å²) in [6, 6.07) is 8.95. The van der Waals surface area contributed by atoms with Gasteiger partial charge in [-0.05, 0) is 49.7 Å². The molecule has 2 aromatic rings. The average molecular weight is 260 g/mol. The number of hydrogen-bond donors (Lipinski definition) is 1. The molecule has 4 heteroatoms. The van der Waals surface area contributed by atoms with E-state index in [0.717, 1.165) is 22.7 Å². The van der Waals surface area contributed by atoms with E-state index in [-0.39, 0.29) is 11.9 Å². The first kappa shape index (κ1) is 13.3. The Labute approximate surface area is 112 Å². The Hall–Kier alpha value is -2.10. The summed E-state index contributed by atoms with van der Waals surface area (Å²) in [5, 5.41) is 3.36. The molecule has 0 aliphatic carbocycles. The van der Waals surface area contributed by atoms with E-state index in [4.69, 9.17) is 4.74 Å². The molecular weight excluding hydrogens is 243 g/mol. The van der Waals surface area contributed by atoms with Gasteiger partial charge < -0.3 is 10.1 Å². The van der Waals surface area contributed by atoms with Gasteiger partial charge >= 0.3 is 0 Å². The highest BCUT2D eigenvalue weighted by Crippen LogP contribution is 2.24. The summed E-state index contributed by atoms with van der Waals surface area (Å²) in [7, 11) is 1.65. The molecule has 0 radical (unpaired) electrons. The second kappa shape index (κ2) is 5.69. The zero-order valence-electron chi connectivity index (χ0n) is 11.3. The first-order valence-electron chi connectivity index (χ1n) is 6.13. The lowest BCUT2D eigenvalue weighted by Crippen LogP contribution is -2.09. The summed E-state index contributed by atoms with van der Waals surface area (Å²) >= 11 is 0. The lowest BCUT2D eigenvalue weighted by molar-refractivity contribution is 0.414. The Balaban J connectivity index is 2.14. The highest BCUT2D eigenvalue weighted by Gasteiger charge is 2.08. The number of halogens is 1. The largest absolute Gasteiger partial charge is 0.497 e. The van der Waals surface area contributed by atoms with Gasteiger partial charge in [0.15, 0.2) is 0 Å². The molecule has 0 saturated carbocycles. The van der Waals surface area contributed by atoms with Gasteiger partial charge in [0.25, 0.3) is 0 Å². The molecule has 1 unspecified atom stereocenters. The van der Waals surface area contributed by atoms with Crippen molar-refractivity contribution in [2.75, 3.05) is 12.4 Å². The fourth-order valence-corrected chi connectivity index (χ4v) is 1.88. The zero-order chi connectivity index (χ0) is 13.8. The number of ether oxygens (including phenoxy) is 1. The predicted molar refractivity (Wildman–Crippen MR) is 74.0 cm³/mol. The van der Waals surface area contributed by atoms with Crippen molar-refractivity contribution in [1.29, 1.82) is 0 Å². The van der Waals surface area contributed by atoms with Gasteiger partial charge in [0.2, 0.25) is 0 Å². The van der Waals surface area contributed by atoms with Gasteiger partial charge in [0.1, 0.15) is 11.6 Å². The van der Waals surface area contributed by atoms with Crippen LogP contribution in [0.3, 0.4) is 0 Å². The highest BCUT2D eigenvalue weighted by atomic mass is 19.1. The van der Waals surface area contributed by atoms with Crippen LogP contribution in [-0.2, 0) is 0 Å². The summed E-state index contributed by atoms with van der Waals surface area (Å²) in [5.74, 6) is 0.507. The molecule has 0 bridgehead atoms. The van der Waals surface area contributed by atoms with Crippen molar-refractivity contribution in [2.45, 2.75) is 19.9 Å². The molecule has 0 saturated heterocycles. The number of nitrogens with zero attached hydrogens (tertiary/aromatic N) is 1. The lowest BCUT2D eigenvalue weighted by atomic mass is 10.1. The van der Waals surface area contributed by atoms with Crippen molar-refractivity contribution < 1.29 is 9.13 Å². The highest BCUT2D eigenvalue weighted by molar-refractivity contribution is 5.54. The molecule has 19 heavy (non-hydrogen) atoms. The summed E-state index contributed by atoms with van der Waals surface area (Å²) in [5.41, 5.74) is 2.91. The maximum absolute atomic E-state index is 12.8. The molecule has 1 aromatic carbocycles. The summed E-state index contributed by atoms with van der Waals surface area (Å²) < 4.78 is 18.0. The molecular formula is C15H17FN2O. The fourth-order valence-electron chi connectivity index (χ4n) is 1.88. The third-order valence-corrected chi connectivity index (χ3v) is 3.00. The van der Waals surface area contributed by atoms with Crippen LogP contribution >= 0.6 is 0 Å². The van der Waals surface area contributed by atoms with Crippen LogP contribution in [0.25, 0.3) is 0 Å². The minimum atomic E-state index is -0.323. The Morgan fingerprint density at radius 3 is 2.63 bits per heavy atom. The summed E-state index contributed by atoms with van der Waals surface area (Å²) in [4.78, 5) is 4.08. The van der Waals surface area contributed by atoms with Crippen LogP contribution in [0.5, 0.6) is 5.75 Å². The third-order valence-electron chi connectivity index (χ3n) is 3.00. The quantitative estimate of drug-likeness (QED) is 0.910. The Morgan fingerprint density at radius 2 is 2.05 bits per heavy atom. The standard InChI is InChI=1S/C15H17FN2O/c1-10-8-13(19-3)5-7-14(10)18-11(2)15-6-4-12(16)9-17-15/h4-9,11,18H,1-3H3. The van der Waals surface area contributed by atoms with Gasteiger partial charge in [-0.1, -0.05) is 0 Å². The molecule has 1 N–H and O–H groups in total. The maximum Gasteiger partial charge on any atom is 0.141 e. The molecule has 1 atom stereocenters. The molecule has 1 aromatic heterocycles. The van der Waals surface area contributed by atoms with Crippen LogP contribution in [0.4, 0.5) is 10.1 Å². The van der Waals surface area contributed by atoms with E-state index < -0.39 is 0 Å². The van der Waals surface area contributed by atoms with Crippen molar-refractivity contribution in [1.82, 2.24) is 4.98 Å². The van der Waals surface area contributed by atoms with E-state index in [1.54, 1.807) is 13.2 Å². The van der Waals surface area contributed by atoms with Crippen molar-refractivity contribution in [3.63, 3.8) is 0 Å². The van der Waals surface area contributed by atoms with Crippen molar-refractivity contribution in [3.8, 4) is 5.75 Å². The number of nitrogens with one attached hydrogen (secondary N) is 1. The molecule has 100 valence electrons. The van der Waals surface area contributed by atoms with Crippen LogP contribution in [0.2, 0.25) is 0 Å². The number of aryl methyl sites for hydroxylation is 1. The number of pyridine rings is 1. The van der Waals surface area contributed by atoms with Gasteiger partial charge in [0.05, 0.1) is 25.0 Å². The lowest BCUT2D eigenvalue weighted by Gasteiger charge is -2.17. The van der Waals surface area contributed by atoms with Crippen molar-refractivity contribution in [2.24, 2.45) is 0 Å². The number of benzene rings is 1. The number of methoxy groups -OCH3 is 1. The predicted octanol–water partition coefficient (Wildman–Crippen LogP) is 3.71. The van der Waals surface area contributed by atoms with E-state index in [9.17, 15) is 4.39 Å². The Bertz CT molecular complexity index is 555. The van der Waals surface area contributed by atoms with E-state index in [2.05, 4.69) is 10.3 Å². The van der Waals surface area contributed by atoms with Gasteiger partial charge in [-0.15, -0.1) is 0 Å². The van der Waals surface area contributed by atoms with Gasteiger partial charge in [-0.25, -0.2) is 4.39 Å². The van der Waals surface area contributed by atoms with Crippen molar-refractivity contribution >= 4 is 5.69 Å². The zero-order valence-corrected chi connectivity index (χ0v) is 11.3. The minimum absolute atomic E-state index is 0.00712. The molecule has 0 amide bonds. The van der Waals surface area contributed by atoms with E-state index in [0.29, 0.717) is 0 Å². The molecule has 1 heterocycles. The van der Waals surface area contributed by atoms with Crippen LogP contribution in [0.1, 0.15) is 24.2 Å². The normalized spacial score (nSPS) is 12.0. The molecule has 3 nitrogen and oxygen atoms in total. The number of hydrogen-bond acceptors (Lipinski definition) is 3. The van der Waals surface area contributed by atoms with E-state index in [1.807, 2.05) is 32.0 Å². The number of anilines is 1. The fraction of sp³-hybridized carbons (Fsp3) is 0.267. The van der Waals surface area contributed by atoms with Crippen LogP contribution < -0.4 is 10.1 Å². The molecule has 0 aliphatic heterocycles. The number of aromatic nitrogens is 1. The first-order valence-corrected chi connectivity index (χ1v) is 6.13. The molecule has 0 spiro atoms. The van der Waals surface area contributed by atoms with Crippen molar-refractivity contribution in [3.05, 3.63) is 53.6 Å². The smallest absolute Gasteiger partial charge is 0.141 e. The van der Waals surface area contributed by atoms with Gasteiger partial charge in [-0.2, -0.15) is 0 Å². The van der Waals surface area contributed by atoms with Crippen LogP contribution in [-0.4, -0.2) is 12.1 Å². The van der Waals surface area contributed by atoms with E-state index >= 15 is 0 Å². The molecule has 0 aliphatic rings.